The molecule has 10 nitrogen and oxygen atoms in total. The van der Waals surface area contributed by atoms with E-state index in [9.17, 15) is 41.1 Å². The van der Waals surface area contributed by atoms with Crippen LogP contribution in [-0.2, 0) is 30.4 Å². The fraction of sp³-hybridized carbons (Fsp3) is 0.405. The second kappa shape index (κ2) is 18.3. The Balaban J connectivity index is 2.10. The van der Waals surface area contributed by atoms with Gasteiger partial charge in [0, 0.05) is 12.5 Å². The number of carbonyl (C=O) groups excluding carboxylic acids is 4. The van der Waals surface area contributed by atoms with Crippen molar-refractivity contribution in [3.63, 3.8) is 0 Å². The molecular weight excluding hydrogens is 695 g/mol. The molecule has 0 saturated carbocycles. The summed E-state index contributed by atoms with van der Waals surface area (Å²) >= 11 is 0. The molecule has 3 rings (SSSR count). The molecule has 0 spiro atoms. The summed E-state index contributed by atoms with van der Waals surface area (Å²) in [7, 11) is 1.14. The molecular formula is C37H41F5N2O8. The first-order chi connectivity index (χ1) is 24.4. The lowest BCUT2D eigenvalue weighted by Gasteiger charge is -2.33. The number of rotatable bonds is 14. The molecule has 0 heterocycles. The van der Waals surface area contributed by atoms with Crippen LogP contribution in [0.4, 0.5) is 31.5 Å². The zero-order valence-corrected chi connectivity index (χ0v) is 29.5. The van der Waals surface area contributed by atoms with Gasteiger partial charge in [-0.05, 0) is 50.7 Å². The Kier molecular flexibility index (Phi) is 14.5. The van der Waals surface area contributed by atoms with Gasteiger partial charge in [-0.2, -0.15) is 8.78 Å². The molecule has 0 bridgehead atoms. The second-order valence-electron chi connectivity index (χ2n) is 13.2. The van der Waals surface area contributed by atoms with Crippen LogP contribution in [0.5, 0.6) is 5.75 Å². The number of amides is 2. The van der Waals surface area contributed by atoms with Crippen molar-refractivity contribution in [2.45, 2.75) is 77.7 Å². The topological polar surface area (TPSA) is 120 Å². The third-order valence-corrected chi connectivity index (χ3v) is 7.59. The number of methoxy groups -OCH3 is 1. The molecule has 0 fully saturated rings. The van der Waals surface area contributed by atoms with Crippen LogP contribution in [0.2, 0.25) is 0 Å². The van der Waals surface area contributed by atoms with Gasteiger partial charge in [-0.1, -0.05) is 74.5 Å². The third kappa shape index (κ3) is 11.1. The largest absolute Gasteiger partial charge is 0.467 e. The van der Waals surface area contributed by atoms with Crippen molar-refractivity contribution >= 4 is 24.1 Å². The lowest BCUT2D eigenvalue weighted by atomic mass is 9.87. The van der Waals surface area contributed by atoms with Gasteiger partial charge in [0.2, 0.25) is 34.8 Å². The number of benzene rings is 3. The molecule has 0 saturated heterocycles. The van der Waals surface area contributed by atoms with Crippen molar-refractivity contribution in [3.8, 4) is 5.75 Å². The van der Waals surface area contributed by atoms with E-state index >= 15 is 0 Å². The molecule has 0 aliphatic carbocycles. The molecule has 0 radical (unpaired) electrons. The maximum Gasteiger partial charge on any atom is 0.410 e. The number of hydrogen-bond acceptors (Lipinski definition) is 8. The van der Waals surface area contributed by atoms with E-state index in [-0.39, 0.29) is 31.9 Å². The highest BCUT2D eigenvalue weighted by Crippen LogP contribution is 2.32. The van der Waals surface area contributed by atoms with E-state index in [4.69, 9.17) is 18.9 Å². The van der Waals surface area contributed by atoms with Crippen LogP contribution in [-0.4, -0.2) is 60.4 Å². The predicted molar refractivity (Wildman–Crippen MR) is 177 cm³/mol. The molecule has 3 aromatic carbocycles. The second-order valence-corrected chi connectivity index (χ2v) is 13.2. The van der Waals surface area contributed by atoms with Crippen molar-refractivity contribution in [3.05, 3.63) is 101 Å². The minimum Gasteiger partial charge on any atom is -0.467 e. The van der Waals surface area contributed by atoms with Gasteiger partial charge >= 0.3 is 24.1 Å². The predicted octanol–water partition coefficient (Wildman–Crippen LogP) is 7.58. The Morgan fingerprint density at radius 3 is 1.85 bits per heavy atom. The molecule has 0 aromatic heterocycles. The number of alkyl carbamates (subject to hydrolysis) is 1. The first kappa shape index (κ1) is 41.2. The van der Waals surface area contributed by atoms with Crippen molar-refractivity contribution in [2.75, 3.05) is 13.7 Å². The molecule has 2 amide bonds. The Bertz CT molecular complexity index is 1670. The monoisotopic (exact) mass is 736 g/mol. The van der Waals surface area contributed by atoms with Gasteiger partial charge in [-0.3, -0.25) is 4.90 Å². The SMILES string of the molecule is COC(=O)[C@H](CC(C)C)N(CC[C@@H](c1ccccc1)[C@H](NC(=O)OC(C)(C)C)C(=O)Oc1c(F)c(F)c(F)c(F)c1F)C(=O)OCc1ccccc1. The van der Waals surface area contributed by atoms with E-state index in [1.165, 1.54) is 32.9 Å². The highest BCUT2D eigenvalue weighted by molar-refractivity contribution is 5.84. The van der Waals surface area contributed by atoms with Crippen LogP contribution in [0.3, 0.4) is 0 Å². The van der Waals surface area contributed by atoms with E-state index in [2.05, 4.69) is 5.32 Å². The van der Waals surface area contributed by atoms with Crippen LogP contribution in [0.25, 0.3) is 0 Å². The van der Waals surface area contributed by atoms with Gasteiger partial charge in [-0.15, -0.1) is 0 Å². The maximum absolute atomic E-state index is 14.7. The van der Waals surface area contributed by atoms with E-state index in [0.717, 1.165) is 12.0 Å². The van der Waals surface area contributed by atoms with Crippen LogP contribution in [0.15, 0.2) is 60.7 Å². The fourth-order valence-electron chi connectivity index (χ4n) is 5.21. The molecule has 3 aromatic rings. The van der Waals surface area contributed by atoms with Crippen molar-refractivity contribution in [1.29, 1.82) is 0 Å². The van der Waals surface area contributed by atoms with Gasteiger partial charge in [0.15, 0.2) is 0 Å². The summed E-state index contributed by atoms with van der Waals surface area (Å²) in [5, 5.41) is 2.30. The Labute approximate surface area is 298 Å². The van der Waals surface area contributed by atoms with E-state index < -0.39 is 82.6 Å². The fourth-order valence-corrected chi connectivity index (χ4v) is 5.21. The summed E-state index contributed by atoms with van der Waals surface area (Å²) in [6.45, 7) is 7.68. The van der Waals surface area contributed by atoms with E-state index in [1.54, 1.807) is 48.5 Å². The number of nitrogens with one attached hydrogen (secondary N) is 1. The van der Waals surface area contributed by atoms with Gasteiger partial charge in [0.05, 0.1) is 7.11 Å². The Hall–Kier alpha value is -5.21. The minimum atomic E-state index is -2.47. The standard InChI is InChI=1S/C37H41F5N2O8/c1-21(2)19-25(33(45)49-6)44(36(48)50-20-22-13-9-7-10-14-22)18-17-24(23-15-11-8-12-16-23)31(43-35(47)52-37(3,4)5)34(46)51-32-29(41)27(39)26(38)28(40)30(32)42/h7-16,21,24-25,31H,17-20H2,1-6H3,(H,43,47)/t24-,25-,31-/m0/s1. The summed E-state index contributed by atoms with van der Waals surface area (Å²) < 4.78 is 91.9. The molecule has 0 aliphatic heterocycles. The van der Waals surface area contributed by atoms with E-state index in [0.29, 0.717) is 11.1 Å². The number of ether oxygens (including phenoxy) is 4. The van der Waals surface area contributed by atoms with Gasteiger partial charge < -0.3 is 24.3 Å². The number of nitrogens with zero attached hydrogens (tertiary/aromatic N) is 1. The van der Waals surface area contributed by atoms with Crippen LogP contribution in [0.1, 0.15) is 64.5 Å². The average Bonchev–Trinajstić information content (AvgIpc) is 3.10. The number of esters is 2. The zero-order chi connectivity index (χ0) is 38.7. The first-order valence-corrected chi connectivity index (χ1v) is 16.3. The lowest BCUT2D eigenvalue weighted by Crippen LogP contribution is -2.51. The van der Waals surface area contributed by atoms with Crippen LogP contribution >= 0.6 is 0 Å². The smallest absolute Gasteiger partial charge is 0.410 e. The number of halogens is 5. The summed E-state index contributed by atoms with van der Waals surface area (Å²) in [4.78, 5) is 54.7. The van der Waals surface area contributed by atoms with E-state index in [1.807, 2.05) is 13.8 Å². The molecule has 15 heteroatoms. The minimum absolute atomic E-state index is 0.128. The summed E-state index contributed by atoms with van der Waals surface area (Å²) in [5.74, 6) is -17.7. The first-order valence-electron chi connectivity index (χ1n) is 16.3. The highest BCUT2D eigenvalue weighted by atomic mass is 19.2. The van der Waals surface area contributed by atoms with Crippen LogP contribution in [0, 0.1) is 35.0 Å². The Morgan fingerprint density at radius 2 is 1.33 bits per heavy atom. The van der Waals surface area contributed by atoms with Crippen molar-refractivity contribution in [2.24, 2.45) is 5.92 Å². The molecule has 282 valence electrons. The summed E-state index contributed by atoms with van der Waals surface area (Å²) in [6.07, 6.45) is -2.25. The number of hydrogen-bond donors (Lipinski definition) is 1. The van der Waals surface area contributed by atoms with Gasteiger partial charge in [0.25, 0.3) is 0 Å². The summed E-state index contributed by atoms with van der Waals surface area (Å²) in [6, 6.07) is 13.4. The quantitative estimate of drug-likeness (QED) is 0.0449. The Morgan fingerprint density at radius 1 is 0.788 bits per heavy atom. The molecule has 52 heavy (non-hydrogen) atoms. The maximum atomic E-state index is 14.7. The lowest BCUT2D eigenvalue weighted by molar-refractivity contribution is -0.147. The van der Waals surface area contributed by atoms with Crippen molar-refractivity contribution in [1.82, 2.24) is 10.2 Å². The van der Waals surface area contributed by atoms with Gasteiger partial charge in [-0.25, -0.2) is 32.3 Å². The molecule has 1 N–H and O–H groups in total. The molecule has 0 unspecified atom stereocenters. The third-order valence-electron chi connectivity index (χ3n) is 7.59. The normalized spacial score (nSPS) is 13.1. The summed E-state index contributed by atoms with van der Waals surface area (Å²) in [5.41, 5.74) is -0.144. The van der Waals surface area contributed by atoms with Crippen molar-refractivity contribution < 1.29 is 60.1 Å². The molecule has 0 aliphatic rings. The highest BCUT2D eigenvalue weighted by Gasteiger charge is 2.39. The average molecular weight is 737 g/mol. The van der Waals surface area contributed by atoms with Gasteiger partial charge in [0.1, 0.15) is 24.3 Å². The zero-order valence-electron chi connectivity index (χ0n) is 29.5. The molecule has 3 atom stereocenters. The van der Waals surface area contributed by atoms with Crippen LogP contribution < -0.4 is 10.1 Å². The number of carbonyl (C=O) groups is 4.